The Morgan fingerprint density at radius 1 is 1.14 bits per heavy atom. The number of hydrogen-bond donors (Lipinski definition) is 1. The molecule has 0 N–H and O–H groups in total. The van der Waals surface area contributed by atoms with E-state index in [0.717, 1.165) is 10.8 Å². The number of hydrogen-bond acceptors (Lipinski definition) is 1. The van der Waals surface area contributed by atoms with E-state index < -0.39 is 0 Å². The van der Waals surface area contributed by atoms with Crippen molar-refractivity contribution >= 4 is 12.6 Å². The van der Waals surface area contributed by atoms with Gasteiger partial charge in [-0.25, -0.2) is 0 Å². The Kier molecular flexibility index (Phi) is 5.77. The second kappa shape index (κ2) is 6.94. The summed E-state index contributed by atoms with van der Waals surface area (Å²) in [5.74, 6) is 1.10. The molecule has 78 valence electrons. The maximum atomic E-state index is 4.08. The topological polar surface area (TPSA) is 0 Å². The predicted octanol–water partition coefficient (Wildman–Crippen LogP) is 4.56. The van der Waals surface area contributed by atoms with E-state index in [1.165, 1.54) is 32.1 Å². The Labute approximate surface area is 93.1 Å². The predicted molar refractivity (Wildman–Crippen MR) is 65.9 cm³/mol. The molecule has 14 heavy (non-hydrogen) atoms. The third-order valence-electron chi connectivity index (χ3n) is 2.81. The minimum absolute atomic E-state index is 1.02. The molecule has 1 aromatic carbocycles. The summed E-state index contributed by atoms with van der Waals surface area (Å²) in [5, 5.41) is 0. The molecule has 1 heteroatoms. The maximum absolute atomic E-state index is 4.08. The zero-order valence-electron chi connectivity index (χ0n) is 8.95. The van der Waals surface area contributed by atoms with Gasteiger partial charge in [-0.05, 0) is 18.1 Å². The summed E-state index contributed by atoms with van der Waals surface area (Å²) in [6.07, 6.45) is 7.43. The lowest BCUT2D eigenvalue weighted by Gasteiger charge is -1.99. The first-order valence-electron chi connectivity index (χ1n) is 5.57. The molecule has 0 aliphatic heterocycles. The van der Waals surface area contributed by atoms with Gasteiger partial charge in [0, 0.05) is 4.90 Å². The van der Waals surface area contributed by atoms with Crippen LogP contribution in [-0.2, 0) is 0 Å². The Bertz CT molecular complexity index is 224. The van der Waals surface area contributed by atoms with E-state index in [9.17, 15) is 0 Å². The summed E-state index contributed by atoms with van der Waals surface area (Å²) in [5.41, 5.74) is 0. The van der Waals surface area contributed by atoms with Gasteiger partial charge in [-0.1, -0.05) is 57.2 Å². The molecule has 1 fully saturated rings. The third-order valence-corrected chi connectivity index (χ3v) is 3.11. The summed E-state index contributed by atoms with van der Waals surface area (Å²) in [6.45, 7) is 2.30. The zero-order chi connectivity index (χ0) is 10.2. The molecule has 2 rings (SSSR count). The SMILES string of the molecule is CCC1CCCC1.Sc1ccccc1. The fourth-order valence-corrected chi connectivity index (χ4v) is 2.02. The molecule has 0 amide bonds. The van der Waals surface area contributed by atoms with Crippen molar-refractivity contribution in [2.45, 2.75) is 43.9 Å². The van der Waals surface area contributed by atoms with Crippen LogP contribution >= 0.6 is 12.6 Å². The molecule has 0 spiro atoms. The Hall–Kier alpha value is -0.430. The average molecular weight is 208 g/mol. The molecule has 0 bridgehead atoms. The molecule has 1 aliphatic rings. The van der Waals surface area contributed by atoms with Gasteiger partial charge in [0.2, 0.25) is 0 Å². The van der Waals surface area contributed by atoms with Gasteiger partial charge < -0.3 is 0 Å². The van der Waals surface area contributed by atoms with E-state index in [-0.39, 0.29) is 0 Å². The minimum Gasteiger partial charge on any atom is -0.143 e. The molecule has 1 saturated carbocycles. The summed E-state index contributed by atoms with van der Waals surface area (Å²) < 4.78 is 0. The zero-order valence-corrected chi connectivity index (χ0v) is 9.84. The van der Waals surface area contributed by atoms with Crippen LogP contribution in [0, 0.1) is 5.92 Å². The van der Waals surface area contributed by atoms with E-state index in [0.29, 0.717) is 0 Å². The summed E-state index contributed by atoms with van der Waals surface area (Å²) >= 11 is 4.08. The minimum atomic E-state index is 1.02. The molecule has 1 aliphatic carbocycles. The fourth-order valence-electron chi connectivity index (χ4n) is 1.85. The average Bonchev–Trinajstić information content (AvgIpc) is 2.72. The van der Waals surface area contributed by atoms with E-state index in [4.69, 9.17) is 0 Å². The number of thiol groups is 1. The largest absolute Gasteiger partial charge is 0.143 e. The summed E-state index contributed by atoms with van der Waals surface area (Å²) in [7, 11) is 0. The molecule has 0 aromatic heterocycles. The second-order valence-electron chi connectivity index (χ2n) is 3.89. The van der Waals surface area contributed by atoms with Crippen LogP contribution in [0.4, 0.5) is 0 Å². The third kappa shape index (κ3) is 4.71. The van der Waals surface area contributed by atoms with Gasteiger partial charge in [0.25, 0.3) is 0 Å². The molecular weight excluding hydrogens is 188 g/mol. The van der Waals surface area contributed by atoms with Gasteiger partial charge in [0.1, 0.15) is 0 Å². The molecule has 1 aromatic rings. The Morgan fingerprint density at radius 2 is 1.71 bits per heavy atom. The summed E-state index contributed by atoms with van der Waals surface area (Å²) in [4.78, 5) is 1.02. The van der Waals surface area contributed by atoms with Gasteiger partial charge in [-0.3, -0.25) is 0 Å². The lowest BCUT2D eigenvalue weighted by Crippen LogP contribution is -1.86. The number of rotatable bonds is 1. The van der Waals surface area contributed by atoms with Crippen molar-refractivity contribution in [3.8, 4) is 0 Å². The monoisotopic (exact) mass is 208 g/mol. The number of benzene rings is 1. The van der Waals surface area contributed by atoms with E-state index in [1.807, 2.05) is 30.3 Å². The maximum Gasteiger partial charge on any atom is 0.00399 e. The highest BCUT2D eigenvalue weighted by atomic mass is 32.1. The van der Waals surface area contributed by atoms with Crippen molar-refractivity contribution in [1.29, 1.82) is 0 Å². The van der Waals surface area contributed by atoms with Crippen LogP contribution in [0.25, 0.3) is 0 Å². The summed E-state index contributed by atoms with van der Waals surface area (Å²) in [6, 6.07) is 9.79. The highest BCUT2D eigenvalue weighted by Gasteiger charge is 2.11. The van der Waals surface area contributed by atoms with E-state index in [2.05, 4.69) is 19.6 Å². The van der Waals surface area contributed by atoms with Crippen LogP contribution in [-0.4, -0.2) is 0 Å². The highest BCUT2D eigenvalue weighted by molar-refractivity contribution is 7.80. The standard InChI is InChI=1S/C7H14.C6H6S/c1-2-7-5-3-4-6-7;7-6-4-2-1-3-5-6/h7H,2-6H2,1H3;1-5,7H. The molecule has 0 atom stereocenters. The first kappa shape index (κ1) is 11.6. The van der Waals surface area contributed by atoms with Crippen LogP contribution in [0.2, 0.25) is 0 Å². The molecular formula is C13H20S. The van der Waals surface area contributed by atoms with Gasteiger partial charge in [-0.15, -0.1) is 12.6 Å². The first-order chi connectivity index (χ1) is 6.83. The lowest BCUT2D eigenvalue weighted by molar-refractivity contribution is 0.531. The van der Waals surface area contributed by atoms with Crippen LogP contribution in [0.3, 0.4) is 0 Å². The second-order valence-corrected chi connectivity index (χ2v) is 4.41. The molecule has 0 radical (unpaired) electrons. The highest BCUT2D eigenvalue weighted by Crippen LogP contribution is 2.26. The van der Waals surface area contributed by atoms with Crippen LogP contribution < -0.4 is 0 Å². The van der Waals surface area contributed by atoms with Crippen LogP contribution in [0.15, 0.2) is 35.2 Å². The van der Waals surface area contributed by atoms with Crippen molar-refractivity contribution < 1.29 is 0 Å². The van der Waals surface area contributed by atoms with Crippen molar-refractivity contribution in [2.75, 3.05) is 0 Å². The van der Waals surface area contributed by atoms with Crippen molar-refractivity contribution in [1.82, 2.24) is 0 Å². The first-order valence-corrected chi connectivity index (χ1v) is 6.01. The lowest BCUT2D eigenvalue weighted by atomic mass is 10.1. The Balaban J connectivity index is 0.000000140. The van der Waals surface area contributed by atoms with Crippen LogP contribution in [0.1, 0.15) is 39.0 Å². The van der Waals surface area contributed by atoms with Gasteiger partial charge in [-0.2, -0.15) is 0 Å². The van der Waals surface area contributed by atoms with Gasteiger partial charge in [0.15, 0.2) is 0 Å². The van der Waals surface area contributed by atoms with Crippen molar-refractivity contribution in [2.24, 2.45) is 5.92 Å². The fraction of sp³-hybridized carbons (Fsp3) is 0.538. The van der Waals surface area contributed by atoms with Crippen molar-refractivity contribution in [3.05, 3.63) is 30.3 Å². The molecule has 0 unspecified atom stereocenters. The van der Waals surface area contributed by atoms with Crippen LogP contribution in [0.5, 0.6) is 0 Å². The van der Waals surface area contributed by atoms with Gasteiger partial charge in [0.05, 0.1) is 0 Å². The molecule has 0 saturated heterocycles. The normalized spacial score (nSPS) is 16.1. The van der Waals surface area contributed by atoms with Crippen molar-refractivity contribution in [3.63, 3.8) is 0 Å². The van der Waals surface area contributed by atoms with E-state index >= 15 is 0 Å². The van der Waals surface area contributed by atoms with Gasteiger partial charge >= 0.3 is 0 Å². The van der Waals surface area contributed by atoms with E-state index in [1.54, 1.807) is 0 Å². The smallest absolute Gasteiger partial charge is 0.00399 e. The molecule has 0 heterocycles. The quantitative estimate of drug-likeness (QED) is 0.643. The molecule has 0 nitrogen and oxygen atoms in total. The Morgan fingerprint density at radius 3 is 2.00 bits per heavy atom.